The Labute approximate surface area is 113 Å². The Morgan fingerprint density at radius 1 is 1.42 bits per heavy atom. The summed E-state index contributed by atoms with van der Waals surface area (Å²) in [7, 11) is -0.496. The van der Waals surface area contributed by atoms with Crippen LogP contribution in [0.4, 0.5) is 5.69 Å². The first kappa shape index (κ1) is 15.5. The number of carbonyl (C=O) groups excluding carboxylic acids is 1. The van der Waals surface area contributed by atoms with Crippen LogP contribution in [0.2, 0.25) is 0 Å². The minimum absolute atomic E-state index is 0.0448. The zero-order valence-electron chi connectivity index (χ0n) is 11.2. The molecule has 1 aromatic carbocycles. The zero-order valence-corrected chi connectivity index (χ0v) is 12.0. The molecule has 1 aromatic rings. The molecule has 0 heterocycles. The Balaban J connectivity index is 2.92. The minimum atomic E-state index is -3.36. The van der Waals surface area contributed by atoms with Gasteiger partial charge in [0.05, 0.1) is 12.9 Å². The summed E-state index contributed by atoms with van der Waals surface area (Å²) >= 11 is 0. The monoisotopic (exact) mass is 286 g/mol. The van der Waals surface area contributed by atoms with E-state index < -0.39 is 10.0 Å². The van der Waals surface area contributed by atoms with E-state index in [4.69, 9.17) is 4.84 Å². The third-order valence-electron chi connectivity index (χ3n) is 2.42. The predicted molar refractivity (Wildman–Crippen MR) is 73.2 cm³/mol. The van der Waals surface area contributed by atoms with Gasteiger partial charge in [-0.2, -0.15) is 0 Å². The molecule has 0 bridgehead atoms. The van der Waals surface area contributed by atoms with Gasteiger partial charge in [0, 0.05) is 18.3 Å². The molecule has 0 spiro atoms. The number of benzene rings is 1. The van der Waals surface area contributed by atoms with Crippen LogP contribution in [0.5, 0.6) is 0 Å². The highest BCUT2D eigenvalue weighted by molar-refractivity contribution is 7.92. The molecule has 106 valence electrons. The second-order valence-corrected chi connectivity index (χ2v) is 5.83. The van der Waals surface area contributed by atoms with Crippen LogP contribution >= 0.6 is 0 Å². The first-order chi connectivity index (χ1) is 8.89. The number of anilines is 1. The van der Waals surface area contributed by atoms with Crippen molar-refractivity contribution in [2.45, 2.75) is 13.3 Å². The Morgan fingerprint density at radius 2 is 2.11 bits per heavy atom. The topological polar surface area (TPSA) is 75.7 Å². The van der Waals surface area contributed by atoms with E-state index in [1.54, 1.807) is 25.1 Å². The number of hydroxylamine groups is 2. The van der Waals surface area contributed by atoms with Gasteiger partial charge in [0.25, 0.3) is 5.91 Å². The SMILES string of the molecule is CCCS(=O)(=O)Nc1cccc(C(=O)N(C)OC)c1. The molecule has 1 N–H and O–H groups in total. The molecule has 0 saturated carbocycles. The highest BCUT2D eigenvalue weighted by Crippen LogP contribution is 2.14. The molecule has 0 atom stereocenters. The number of nitrogens with one attached hydrogen (secondary N) is 1. The van der Waals surface area contributed by atoms with E-state index in [9.17, 15) is 13.2 Å². The first-order valence-corrected chi connectivity index (χ1v) is 7.47. The molecular formula is C12H18N2O4S. The Morgan fingerprint density at radius 3 is 2.68 bits per heavy atom. The van der Waals surface area contributed by atoms with Gasteiger partial charge in [0.1, 0.15) is 0 Å². The van der Waals surface area contributed by atoms with E-state index in [0.717, 1.165) is 5.06 Å². The van der Waals surface area contributed by atoms with Crippen LogP contribution in [0, 0.1) is 0 Å². The molecule has 7 heteroatoms. The van der Waals surface area contributed by atoms with E-state index in [-0.39, 0.29) is 11.7 Å². The van der Waals surface area contributed by atoms with Gasteiger partial charge in [0.2, 0.25) is 10.0 Å². The highest BCUT2D eigenvalue weighted by Gasteiger charge is 2.13. The lowest BCUT2D eigenvalue weighted by molar-refractivity contribution is -0.0756. The average Bonchev–Trinajstić information content (AvgIpc) is 2.36. The number of amides is 1. The molecule has 0 radical (unpaired) electrons. The van der Waals surface area contributed by atoms with Gasteiger partial charge in [-0.05, 0) is 24.6 Å². The van der Waals surface area contributed by atoms with Crippen molar-refractivity contribution in [3.63, 3.8) is 0 Å². The van der Waals surface area contributed by atoms with Crippen LogP contribution in [-0.2, 0) is 14.9 Å². The second-order valence-electron chi connectivity index (χ2n) is 3.99. The Bertz CT molecular complexity index is 542. The quantitative estimate of drug-likeness (QED) is 0.804. The number of rotatable bonds is 6. The van der Waals surface area contributed by atoms with Gasteiger partial charge in [-0.3, -0.25) is 14.4 Å². The summed E-state index contributed by atoms with van der Waals surface area (Å²) in [6.45, 7) is 1.78. The number of sulfonamides is 1. The summed E-state index contributed by atoms with van der Waals surface area (Å²) in [6, 6.07) is 6.28. The van der Waals surface area contributed by atoms with E-state index in [1.807, 2.05) is 0 Å². The van der Waals surface area contributed by atoms with Gasteiger partial charge >= 0.3 is 0 Å². The van der Waals surface area contributed by atoms with Gasteiger partial charge < -0.3 is 0 Å². The molecule has 0 aliphatic carbocycles. The van der Waals surface area contributed by atoms with Crippen molar-refractivity contribution in [2.24, 2.45) is 0 Å². The van der Waals surface area contributed by atoms with Crippen LogP contribution in [0.15, 0.2) is 24.3 Å². The van der Waals surface area contributed by atoms with Crippen molar-refractivity contribution in [1.29, 1.82) is 0 Å². The van der Waals surface area contributed by atoms with E-state index in [0.29, 0.717) is 17.7 Å². The lowest BCUT2D eigenvalue weighted by Gasteiger charge is -2.14. The molecular weight excluding hydrogens is 268 g/mol. The number of hydrogen-bond acceptors (Lipinski definition) is 4. The Kier molecular flexibility index (Phi) is 5.31. The third kappa shape index (κ3) is 4.53. The maximum atomic E-state index is 11.8. The minimum Gasteiger partial charge on any atom is -0.284 e. The smallest absolute Gasteiger partial charge is 0.277 e. The third-order valence-corrected chi connectivity index (χ3v) is 3.91. The van der Waals surface area contributed by atoms with Gasteiger partial charge in [-0.15, -0.1) is 0 Å². The van der Waals surface area contributed by atoms with E-state index in [2.05, 4.69) is 4.72 Å². The summed E-state index contributed by atoms with van der Waals surface area (Å²) in [6.07, 6.45) is 0.528. The summed E-state index contributed by atoms with van der Waals surface area (Å²) in [4.78, 5) is 16.6. The standard InChI is InChI=1S/C12H18N2O4S/c1-4-8-19(16,17)13-11-7-5-6-10(9-11)12(15)14(2)18-3/h5-7,9,13H,4,8H2,1-3H3. The van der Waals surface area contributed by atoms with Crippen molar-refractivity contribution < 1.29 is 18.0 Å². The molecule has 6 nitrogen and oxygen atoms in total. The summed E-state index contributed by atoms with van der Waals surface area (Å²) in [5.41, 5.74) is 0.713. The molecule has 19 heavy (non-hydrogen) atoms. The maximum Gasteiger partial charge on any atom is 0.277 e. The van der Waals surface area contributed by atoms with Crippen molar-refractivity contribution in [3.8, 4) is 0 Å². The molecule has 0 aliphatic rings. The summed E-state index contributed by atoms with van der Waals surface area (Å²) < 4.78 is 25.7. The highest BCUT2D eigenvalue weighted by atomic mass is 32.2. The van der Waals surface area contributed by atoms with E-state index in [1.165, 1.54) is 20.2 Å². The second kappa shape index (κ2) is 6.53. The fourth-order valence-corrected chi connectivity index (χ4v) is 2.61. The summed E-state index contributed by atoms with van der Waals surface area (Å²) in [5, 5.41) is 1.07. The molecule has 0 aliphatic heterocycles. The fourth-order valence-electron chi connectivity index (χ4n) is 1.48. The number of carbonyl (C=O) groups is 1. The average molecular weight is 286 g/mol. The normalized spacial score (nSPS) is 11.1. The molecule has 0 unspecified atom stereocenters. The largest absolute Gasteiger partial charge is 0.284 e. The van der Waals surface area contributed by atoms with Crippen molar-refractivity contribution in [3.05, 3.63) is 29.8 Å². The van der Waals surface area contributed by atoms with Crippen LogP contribution in [0.25, 0.3) is 0 Å². The lowest BCUT2D eigenvalue weighted by Crippen LogP contribution is -2.25. The van der Waals surface area contributed by atoms with Crippen LogP contribution in [0.1, 0.15) is 23.7 Å². The molecule has 1 amide bonds. The molecule has 1 rings (SSSR count). The maximum absolute atomic E-state index is 11.8. The molecule has 0 saturated heterocycles. The number of hydrogen-bond donors (Lipinski definition) is 1. The summed E-state index contributed by atoms with van der Waals surface area (Å²) in [5.74, 6) is -0.303. The van der Waals surface area contributed by atoms with Crippen molar-refractivity contribution in [1.82, 2.24) is 5.06 Å². The van der Waals surface area contributed by atoms with E-state index >= 15 is 0 Å². The molecule has 0 fully saturated rings. The fraction of sp³-hybridized carbons (Fsp3) is 0.417. The molecule has 0 aromatic heterocycles. The Hall–Kier alpha value is -1.60. The first-order valence-electron chi connectivity index (χ1n) is 5.82. The number of nitrogens with zero attached hydrogens (tertiary/aromatic N) is 1. The van der Waals surface area contributed by atoms with Gasteiger partial charge in [-0.1, -0.05) is 13.0 Å². The lowest BCUT2D eigenvalue weighted by atomic mass is 10.2. The van der Waals surface area contributed by atoms with Crippen molar-refractivity contribution in [2.75, 3.05) is 24.6 Å². The zero-order chi connectivity index (χ0) is 14.5. The predicted octanol–water partition coefficient (Wildman–Crippen LogP) is 1.47. The van der Waals surface area contributed by atoms with Crippen LogP contribution in [0.3, 0.4) is 0 Å². The van der Waals surface area contributed by atoms with Gasteiger partial charge in [0.15, 0.2) is 0 Å². The van der Waals surface area contributed by atoms with Gasteiger partial charge in [-0.25, -0.2) is 13.5 Å². The van der Waals surface area contributed by atoms with Crippen LogP contribution < -0.4 is 4.72 Å². The van der Waals surface area contributed by atoms with Crippen molar-refractivity contribution >= 4 is 21.6 Å². The van der Waals surface area contributed by atoms with Crippen LogP contribution in [-0.4, -0.2) is 39.3 Å².